The number of rotatable bonds is 5. The lowest BCUT2D eigenvalue weighted by atomic mass is 9.91. The zero-order valence-corrected chi connectivity index (χ0v) is 22.2. The number of carbonyl (C=O) groups excluding carboxylic acids is 1. The van der Waals surface area contributed by atoms with Gasteiger partial charge in [0.2, 0.25) is 0 Å². The Labute approximate surface area is 216 Å². The van der Waals surface area contributed by atoms with E-state index in [0.717, 1.165) is 36.5 Å². The maximum Gasteiger partial charge on any atom is 0.270 e. The van der Waals surface area contributed by atoms with E-state index in [2.05, 4.69) is 24.8 Å². The van der Waals surface area contributed by atoms with Gasteiger partial charge in [-0.05, 0) is 48.8 Å². The van der Waals surface area contributed by atoms with Gasteiger partial charge in [0, 0.05) is 32.2 Å². The second-order valence-electron chi connectivity index (χ2n) is 9.63. The molecule has 1 amide bonds. The summed E-state index contributed by atoms with van der Waals surface area (Å²) in [5, 5.41) is 9.71. The number of thiocarbonyl (C=S) groups is 1. The minimum atomic E-state index is -0.307. The highest BCUT2D eigenvalue weighted by Gasteiger charge is 2.33. The van der Waals surface area contributed by atoms with E-state index in [4.69, 9.17) is 12.2 Å². The summed E-state index contributed by atoms with van der Waals surface area (Å²) in [7, 11) is 1.71. The molecule has 2 atom stereocenters. The fourth-order valence-electron chi connectivity index (χ4n) is 5.14. The van der Waals surface area contributed by atoms with Gasteiger partial charge in [0.15, 0.2) is 0 Å². The minimum Gasteiger partial charge on any atom is -0.357 e. The first-order valence-corrected chi connectivity index (χ1v) is 13.1. The number of anilines is 1. The predicted octanol–water partition coefficient (Wildman–Crippen LogP) is 4.49. The number of thioether (sulfide) groups is 1. The molecule has 2 aliphatic rings. The van der Waals surface area contributed by atoms with Crippen LogP contribution in [0.2, 0.25) is 0 Å². The molecule has 1 aromatic heterocycles. The Morgan fingerprint density at radius 1 is 1.17 bits per heavy atom. The average molecular weight is 507 g/mol. The lowest BCUT2D eigenvalue weighted by Gasteiger charge is -2.38. The van der Waals surface area contributed by atoms with Gasteiger partial charge in [0.05, 0.1) is 4.91 Å². The van der Waals surface area contributed by atoms with Crippen molar-refractivity contribution in [2.45, 2.75) is 33.6 Å². The Bertz CT molecular complexity index is 1280. The molecular weight excluding hydrogens is 476 g/mol. The molecule has 1 aromatic carbocycles. The second-order valence-corrected chi connectivity index (χ2v) is 11.3. The highest BCUT2D eigenvalue weighted by molar-refractivity contribution is 8.26. The zero-order chi connectivity index (χ0) is 25.3. The SMILES string of the molecule is Cc1c(/C=C2/SC(=S)N(CCc3ccccc3)C2=O)c(N2CC(C)CC(C)C2)n(C)c(=O)c1C#N. The molecule has 0 aliphatic carbocycles. The second kappa shape index (κ2) is 10.4. The Morgan fingerprint density at radius 3 is 2.46 bits per heavy atom. The van der Waals surface area contributed by atoms with E-state index in [-0.39, 0.29) is 17.0 Å². The quantitative estimate of drug-likeness (QED) is 0.440. The van der Waals surface area contributed by atoms with Crippen molar-refractivity contribution in [2.24, 2.45) is 18.9 Å². The molecule has 2 saturated heterocycles. The fraction of sp³-hybridized carbons (Fsp3) is 0.407. The van der Waals surface area contributed by atoms with Crippen LogP contribution in [0.5, 0.6) is 0 Å². The number of carbonyl (C=O) groups is 1. The smallest absolute Gasteiger partial charge is 0.270 e. The van der Waals surface area contributed by atoms with Gasteiger partial charge in [-0.1, -0.05) is 68.2 Å². The van der Waals surface area contributed by atoms with Crippen LogP contribution >= 0.6 is 24.0 Å². The number of piperidine rings is 1. The topological polar surface area (TPSA) is 69.3 Å². The first-order valence-electron chi connectivity index (χ1n) is 11.9. The predicted molar refractivity (Wildman–Crippen MR) is 146 cm³/mol. The number of amides is 1. The summed E-state index contributed by atoms with van der Waals surface area (Å²) >= 11 is 6.83. The molecule has 35 heavy (non-hydrogen) atoms. The van der Waals surface area contributed by atoms with Crippen LogP contribution in [0, 0.1) is 30.1 Å². The van der Waals surface area contributed by atoms with Crippen molar-refractivity contribution < 1.29 is 4.79 Å². The van der Waals surface area contributed by atoms with E-state index >= 15 is 0 Å². The van der Waals surface area contributed by atoms with Crippen LogP contribution in [-0.2, 0) is 18.3 Å². The third-order valence-corrected chi connectivity index (χ3v) is 8.13. The van der Waals surface area contributed by atoms with Crippen molar-refractivity contribution >= 4 is 46.1 Å². The van der Waals surface area contributed by atoms with Crippen LogP contribution < -0.4 is 10.5 Å². The normalized spacial score (nSPS) is 21.6. The monoisotopic (exact) mass is 506 g/mol. The largest absolute Gasteiger partial charge is 0.357 e. The van der Waals surface area contributed by atoms with Crippen molar-refractivity contribution in [3.8, 4) is 6.07 Å². The molecule has 2 aromatic rings. The molecule has 0 bridgehead atoms. The van der Waals surface area contributed by atoms with Gasteiger partial charge in [-0.3, -0.25) is 19.1 Å². The van der Waals surface area contributed by atoms with Crippen molar-refractivity contribution in [1.82, 2.24) is 9.47 Å². The number of aromatic nitrogens is 1. The van der Waals surface area contributed by atoms with E-state index in [1.165, 1.54) is 11.8 Å². The highest BCUT2D eigenvalue weighted by atomic mass is 32.2. The van der Waals surface area contributed by atoms with Crippen LogP contribution in [0.4, 0.5) is 5.82 Å². The first-order chi connectivity index (χ1) is 16.7. The molecular formula is C27H30N4O2S2. The lowest BCUT2D eigenvalue weighted by molar-refractivity contribution is -0.122. The van der Waals surface area contributed by atoms with Gasteiger partial charge in [-0.25, -0.2) is 0 Å². The van der Waals surface area contributed by atoms with E-state index < -0.39 is 0 Å². The van der Waals surface area contributed by atoms with Crippen LogP contribution in [0.25, 0.3) is 6.08 Å². The average Bonchev–Trinajstić information content (AvgIpc) is 3.08. The first kappa shape index (κ1) is 25.2. The van der Waals surface area contributed by atoms with Gasteiger partial charge in [0.25, 0.3) is 11.5 Å². The zero-order valence-electron chi connectivity index (χ0n) is 20.6. The van der Waals surface area contributed by atoms with Crippen LogP contribution in [0.3, 0.4) is 0 Å². The Morgan fingerprint density at radius 2 is 1.83 bits per heavy atom. The number of hydrogen-bond donors (Lipinski definition) is 0. The number of pyridine rings is 1. The third kappa shape index (κ3) is 5.07. The van der Waals surface area contributed by atoms with Crippen molar-refractivity contribution in [3.05, 3.63) is 67.8 Å². The van der Waals surface area contributed by atoms with Crippen molar-refractivity contribution in [2.75, 3.05) is 24.5 Å². The summed E-state index contributed by atoms with van der Waals surface area (Å²) in [5.74, 6) is 1.59. The lowest BCUT2D eigenvalue weighted by Crippen LogP contribution is -2.42. The summed E-state index contributed by atoms with van der Waals surface area (Å²) in [5.41, 5.74) is 2.30. The van der Waals surface area contributed by atoms with E-state index in [1.807, 2.05) is 36.4 Å². The summed E-state index contributed by atoms with van der Waals surface area (Å²) in [6.07, 6.45) is 3.68. The van der Waals surface area contributed by atoms with E-state index in [0.29, 0.717) is 39.6 Å². The highest BCUT2D eigenvalue weighted by Crippen LogP contribution is 2.37. The number of hydrogen-bond acceptors (Lipinski definition) is 6. The molecule has 0 radical (unpaired) electrons. The van der Waals surface area contributed by atoms with E-state index in [1.54, 1.807) is 23.4 Å². The van der Waals surface area contributed by atoms with Gasteiger partial charge >= 0.3 is 0 Å². The molecule has 0 saturated carbocycles. The number of nitriles is 1. The van der Waals surface area contributed by atoms with Gasteiger partial charge in [-0.15, -0.1) is 0 Å². The fourth-order valence-corrected chi connectivity index (χ4v) is 6.43. The molecule has 6 nitrogen and oxygen atoms in total. The molecule has 3 heterocycles. The summed E-state index contributed by atoms with van der Waals surface area (Å²) in [6, 6.07) is 12.1. The van der Waals surface area contributed by atoms with Gasteiger partial charge in [0.1, 0.15) is 21.8 Å². The summed E-state index contributed by atoms with van der Waals surface area (Å²) in [4.78, 5) is 30.8. The van der Waals surface area contributed by atoms with Gasteiger partial charge in [-0.2, -0.15) is 5.26 Å². The van der Waals surface area contributed by atoms with Crippen molar-refractivity contribution in [1.29, 1.82) is 5.26 Å². The summed E-state index contributed by atoms with van der Waals surface area (Å²) < 4.78 is 2.10. The Hall–Kier alpha value is -2.89. The molecule has 2 unspecified atom stereocenters. The molecule has 4 rings (SSSR count). The molecule has 8 heteroatoms. The van der Waals surface area contributed by atoms with Crippen molar-refractivity contribution in [3.63, 3.8) is 0 Å². The molecule has 182 valence electrons. The Kier molecular flexibility index (Phi) is 7.48. The molecule has 2 aliphatic heterocycles. The number of nitrogens with zero attached hydrogens (tertiary/aromatic N) is 4. The van der Waals surface area contributed by atoms with E-state index in [9.17, 15) is 14.9 Å². The standard InChI is InChI=1S/C27H30N4O2S2/c1-17-12-18(2)16-30(15-17)24-21(19(3)22(14-28)25(32)29(24)4)13-23-26(33)31(27(34)35-23)11-10-20-8-6-5-7-9-20/h5-9,13,17-18H,10-12,15-16H2,1-4H3/b23-13+. The van der Waals surface area contributed by atoms with Crippen LogP contribution in [0.15, 0.2) is 40.0 Å². The maximum absolute atomic E-state index is 13.4. The maximum atomic E-state index is 13.4. The van der Waals surface area contributed by atoms with Gasteiger partial charge < -0.3 is 4.90 Å². The summed E-state index contributed by atoms with van der Waals surface area (Å²) in [6.45, 7) is 8.38. The van der Waals surface area contributed by atoms with Crippen LogP contribution in [0.1, 0.15) is 42.5 Å². The molecule has 0 spiro atoms. The third-order valence-electron chi connectivity index (χ3n) is 6.75. The minimum absolute atomic E-state index is 0.111. The molecule has 0 N–H and O–H groups in total. The van der Waals surface area contributed by atoms with Crippen LogP contribution in [-0.4, -0.2) is 39.3 Å². The molecule has 2 fully saturated rings. The number of benzene rings is 1. The Balaban J connectivity index is 1.73.